The molecule has 2 heterocycles. The van der Waals surface area contributed by atoms with E-state index in [9.17, 15) is 0 Å². The van der Waals surface area contributed by atoms with Crippen LogP contribution in [0.4, 0.5) is 5.82 Å². The first-order valence-corrected chi connectivity index (χ1v) is 6.64. The van der Waals surface area contributed by atoms with Crippen LogP contribution in [0.25, 0.3) is 0 Å². The van der Waals surface area contributed by atoms with E-state index >= 15 is 0 Å². The molecule has 17 heavy (non-hydrogen) atoms. The maximum absolute atomic E-state index is 5.72. The molecule has 1 aliphatic heterocycles. The first kappa shape index (κ1) is 12.4. The Morgan fingerprint density at radius 3 is 2.82 bits per heavy atom. The van der Waals surface area contributed by atoms with E-state index in [0.717, 1.165) is 18.7 Å². The van der Waals surface area contributed by atoms with Gasteiger partial charge in [-0.25, -0.2) is 0 Å². The Labute approximate surface area is 104 Å². The number of nitrogens with zero attached hydrogens (tertiary/aromatic N) is 3. The summed E-state index contributed by atoms with van der Waals surface area (Å²) < 4.78 is 2.03. The number of hydrogen-bond donors (Lipinski definition) is 1. The summed E-state index contributed by atoms with van der Waals surface area (Å²) in [5, 5.41) is 4.56. The Hall–Kier alpha value is -1.03. The molecule has 1 saturated heterocycles. The van der Waals surface area contributed by atoms with Gasteiger partial charge in [-0.15, -0.1) is 0 Å². The molecule has 0 saturated carbocycles. The largest absolute Gasteiger partial charge is 0.354 e. The maximum Gasteiger partial charge on any atom is 0.130 e. The number of rotatable bonds is 3. The molecule has 96 valence electrons. The molecule has 1 aromatic rings. The van der Waals surface area contributed by atoms with Crippen molar-refractivity contribution in [3.8, 4) is 0 Å². The molecule has 1 unspecified atom stereocenters. The van der Waals surface area contributed by atoms with Crippen LogP contribution in [0.15, 0.2) is 0 Å². The molecule has 0 amide bonds. The van der Waals surface area contributed by atoms with Crippen LogP contribution in [0, 0.1) is 6.92 Å². The molecule has 2 rings (SSSR count). The molecular formula is C13H24N4. The fourth-order valence-electron chi connectivity index (χ4n) is 2.90. The second kappa shape index (κ2) is 5.08. The summed E-state index contributed by atoms with van der Waals surface area (Å²) >= 11 is 0. The average molecular weight is 236 g/mol. The fraction of sp³-hybridized carbons (Fsp3) is 0.769. The van der Waals surface area contributed by atoms with Crippen molar-refractivity contribution in [3.63, 3.8) is 0 Å². The molecule has 1 atom stereocenters. The van der Waals surface area contributed by atoms with Gasteiger partial charge in [0.25, 0.3) is 0 Å². The minimum absolute atomic E-state index is 0.620. The SMILES string of the molecule is Cc1nn(C)c(N2CCCCC2C)c1CCN. The summed E-state index contributed by atoms with van der Waals surface area (Å²) in [6.45, 7) is 6.25. The Kier molecular flexibility index (Phi) is 3.72. The summed E-state index contributed by atoms with van der Waals surface area (Å²) in [5.41, 5.74) is 8.18. The number of piperidine rings is 1. The van der Waals surface area contributed by atoms with Gasteiger partial charge in [0.15, 0.2) is 0 Å². The Morgan fingerprint density at radius 1 is 1.41 bits per heavy atom. The lowest BCUT2D eigenvalue weighted by molar-refractivity contribution is 0.473. The second-order valence-electron chi connectivity index (χ2n) is 5.09. The van der Waals surface area contributed by atoms with Gasteiger partial charge < -0.3 is 10.6 Å². The van der Waals surface area contributed by atoms with E-state index in [2.05, 4.69) is 23.8 Å². The van der Waals surface area contributed by atoms with Crippen LogP contribution in [-0.4, -0.2) is 28.9 Å². The van der Waals surface area contributed by atoms with E-state index < -0.39 is 0 Å². The highest BCUT2D eigenvalue weighted by atomic mass is 15.4. The van der Waals surface area contributed by atoms with Gasteiger partial charge in [-0.3, -0.25) is 4.68 Å². The van der Waals surface area contributed by atoms with Crippen LogP contribution in [0.2, 0.25) is 0 Å². The van der Waals surface area contributed by atoms with Crippen LogP contribution in [0.1, 0.15) is 37.4 Å². The quantitative estimate of drug-likeness (QED) is 0.867. The molecule has 0 spiro atoms. The zero-order valence-corrected chi connectivity index (χ0v) is 11.2. The lowest BCUT2D eigenvalue weighted by Crippen LogP contribution is -2.39. The van der Waals surface area contributed by atoms with Crippen LogP contribution in [0.3, 0.4) is 0 Å². The first-order valence-electron chi connectivity index (χ1n) is 6.64. The van der Waals surface area contributed by atoms with Gasteiger partial charge in [-0.2, -0.15) is 5.10 Å². The van der Waals surface area contributed by atoms with Crippen LogP contribution in [-0.2, 0) is 13.5 Å². The van der Waals surface area contributed by atoms with Gasteiger partial charge in [0.05, 0.1) is 5.69 Å². The van der Waals surface area contributed by atoms with Gasteiger partial charge in [-0.05, 0) is 46.1 Å². The molecular weight excluding hydrogens is 212 g/mol. The predicted molar refractivity (Wildman–Crippen MR) is 71.4 cm³/mol. The summed E-state index contributed by atoms with van der Waals surface area (Å²) in [7, 11) is 2.05. The van der Waals surface area contributed by atoms with E-state index in [0.29, 0.717) is 12.6 Å². The minimum atomic E-state index is 0.620. The Bertz CT molecular complexity index is 383. The summed E-state index contributed by atoms with van der Waals surface area (Å²) in [5.74, 6) is 1.29. The second-order valence-corrected chi connectivity index (χ2v) is 5.09. The normalized spacial score (nSPS) is 20.9. The lowest BCUT2D eigenvalue weighted by atomic mass is 10.0. The standard InChI is InChI=1S/C13H24N4/c1-10-6-4-5-9-17(10)13-12(7-8-14)11(2)15-16(13)3/h10H,4-9,14H2,1-3H3. The molecule has 0 aromatic carbocycles. The molecule has 1 aliphatic rings. The van der Waals surface area contributed by atoms with Crippen molar-refractivity contribution in [2.24, 2.45) is 12.8 Å². The molecule has 4 heteroatoms. The van der Waals surface area contributed by atoms with Crippen molar-refractivity contribution in [2.75, 3.05) is 18.0 Å². The van der Waals surface area contributed by atoms with Gasteiger partial charge in [0, 0.05) is 25.2 Å². The number of aryl methyl sites for hydroxylation is 2. The van der Waals surface area contributed by atoms with Crippen molar-refractivity contribution in [1.29, 1.82) is 0 Å². The van der Waals surface area contributed by atoms with E-state index in [1.807, 2.05) is 11.7 Å². The zero-order valence-electron chi connectivity index (χ0n) is 11.2. The summed E-state index contributed by atoms with van der Waals surface area (Å²) in [4.78, 5) is 2.51. The van der Waals surface area contributed by atoms with Gasteiger partial charge in [0.2, 0.25) is 0 Å². The van der Waals surface area contributed by atoms with Crippen LogP contribution >= 0.6 is 0 Å². The highest BCUT2D eigenvalue weighted by molar-refractivity contribution is 5.51. The number of anilines is 1. The van der Waals surface area contributed by atoms with Crippen LogP contribution in [0.5, 0.6) is 0 Å². The van der Waals surface area contributed by atoms with E-state index in [1.54, 1.807) is 0 Å². The highest BCUT2D eigenvalue weighted by Gasteiger charge is 2.24. The molecule has 1 aromatic heterocycles. The van der Waals surface area contributed by atoms with Gasteiger partial charge in [0.1, 0.15) is 5.82 Å². The Balaban J connectivity index is 2.35. The van der Waals surface area contributed by atoms with Crippen LogP contribution < -0.4 is 10.6 Å². The average Bonchev–Trinajstić information content (AvgIpc) is 2.56. The first-order chi connectivity index (χ1) is 8.15. The molecule has 4 nitrogen and oxygen atoms in total. The molecule has 0 aliphatic carbocycles. The number of nitrogens with two attached hydrogens (primary N) is 1. The van der Waals surface area contributed by atoms with Gasteiger partial charge in [-0.1, -0.05) is 0 Å². The third-order valence-electron chi connectivity index (χ3n) is 3.78. The molecule has 2 N–H and O–H groups in total. The topological polar surface area (TPSA) is 47.1 Å². The number of hydrogen-bond acceptors (Lipinski definition) is 3. The Morgan fingerprint density at radius 2 is 2.18 bits per heavy atom. The van der Waals surface area contributed by atoms with Gasteiger partial charge >= 0.3 is 0 Å². The smallest absolute Gasteiger partial charge is 0.130 e. The fourth-order valence-corrected chi connectivity index (χ4v) is 2.90. The van der Waals surface area contributed by atoms with E-state index in [1.165, 1.54) is 30.6 Å². The van der Waals surface area contributed by atoms with Crippen molar-refractivity contribution in [3.05, 3.63) is 11.3 Å². The monoisotopic (exact) mass is 236 g/mol. The zero-order chi connectivity index (χ0) is 12.4. The molecule has 1 fully saturated rings. The molecule has 0 bridgehead atoms. The summed E-state index contributed by atoms with van der Waals surface area (Å²) in [6, 6.07) is 0.620. The number of aromatic nitrogens is 2. The minimum Gasteiger partial charge on any atom is -0.354 e. The predicted octanol–water partition coefficient (Wildman–Crippen LogP) is 1.61. The maximum atomic E-state index is 5.72. The van der Waals surface area contributed by atoms with E-state index in [-0.39, 0.29) is 0 Å². The third-order valence-corrected chi connectivity index (χ3v) is 3.78. The van der Waals surface area contributed by atoms with Crippen molar-refractivity contribution in [1.82, 2.24) is 9.78 Å². The van der Waals surface area contributed by atoms with E-state index in [4.69, 9.17) is 5.73 Å². The lowest BCUT2D eigenvalue weighted by Gasteiger charge is -2.35. The highest BCUT2D eigenvalue weighted by Crippen LogP contribution is 2.29. The molecule has 0 radical (unpaired) electrons. The third kappa shape index (κ3) is 2.32. The van der Waals surface area contributed by atoms with Crippen molar-refractivity contribution >= 4 is 5.82 Å². The van der Waals surface area contributed by atoms with Crippen molar-refractivity contribution < 1.29 is 0 Å². The summed E-state index contributed by atoms with van der Waals surface area (Å²) in [6.07, 6.45) is 4.85. The van der Waals surface area contributed by atoms with Crippen molar-refractivity contribution in [2.45, 2.75) is 45.6 Å².